The van der Waals surface area contributed by atoms with Gasteiger partial charge in [0.2, 0.25) is 0 Å². The van der Waals surface area contributed by atoms with E-state index in [1.807, 2.05) is 74.5 Å². The molecule has 2 amide bonds. The van der Waals surface area contributed by atoms with Gasteiger partial charge in [-0.1, -0.05) is 48.5 Å². The van der Waals surface area contributed by atoms with Crippen molar-refractivity contribution in [2.24, 2.45) is 0 Å². The summed E-state index contributed by atoms with van der Waals surface area (Å²) in [7, 11) is 0. The van der Waals surface area contributed by atoms with Crippen molar-refractivity contribution in [3.8, 4) is 0 Å². The third-order valence-corrected chi connectivity index (χ3v) is 3.86. The lowest BCUT2D eigenvalue weighted by Crippen LogP contribution is -2.52. The van der Waals surface area contributed by atoms with E-state index >= 15 is 0 Å². The highest BCUT2D eigenvalue weighted by atomic mass is 16.7. The first-order chi connectivity index (χ1) is 11.5. The molecule has 5 heteroatoms. The molecule has 2 aromatic rings. The maximum atomic E-state index is 12.3. The number of carbonyl (C=O) groups excluding carboxylic acids is 1. The predicted octanol–water partition coefficient (Wildman–Crippen LogP) is 3.70. The lowest BCUT2D eigenvalue weighted by atomic mass is 10.0. The molecule has 1 heterocycles. The first kappa shape index (κ1) is 16.5. The molecule has 24 heavy (non-hydrogen) atoms. The molecule has 1 aliphatic rings. The largest absolute Gasteiger partial charge is 0.348 e. The quantitative estimate of drug-likeness (QED) is 0.904. The van der Waals surface area contributed by atoms with E-state index in [2.05, 4.69) is 10.6 Å². The van der Waals surface area contributed by atoms with E-state index in [4.69, 9.17) is 9.47 Å². The second kappa shape index (κ2) is 7.03. The Kier molecular flexibility index (Phi) is 4.83. The van der Waals surface area contributed by atoms with Crippen molar-refractivity contribution < 1.29 is 14.3 Å². The standard InChI is InChI=1S/C19H22N2O3/c1-19(2)23-13-16(17(24-19)14-9-5-3-6-10-14)21-18(22)20-15-11-7-4-8-12-15/h3-12,16-17H,13H2,1-2H3,(H2,20,21,22)/t16-,17-/m0/s1. The molecule has 1 aliphatic heterocycles. The normalized spacial score (nSPS) is 22.6. The van der Waals surface area contributed by atoms with Crippen molar-refractivity contribution in [2.75, 3.05) is 11.9 Å². The van der Waals surface area contributed by atoms with Gasteiger partial charge in [-0.05, 0) is 31.5 Å². The van der Waals surface area contributed by atoms with E-state index in [9.17, 15) is 4.79 Å². The molecule has 0 aliphatic carbocycles. The van der Waals surface area contributed by atoms with Crippen molar-refractivity contribution in [2.45, 2.75) is 31.8 Å². The minimum Gasteiger partial charge on any atom is -0.348 e. The fourth-order valence-corrected chi connectivity index (χ4v) is 2.72. The molecule has 0 spiro atoms. The van der Waals surface area contributed by atoms with Crippen molar-refractivity contribution >= 4 is 11.7 Å². The number of anilines is 1. The number of urea groups is 1. The second-order valence-electron chi connectivity index (χ2n) is 6.23. The summed E-state index contributed by atoms with van der Waals surface area (Å²) >= 11 is 0. The molecule has 3 rings (SSSR count). The summed E-state index contributed by atoms with van der Waals surface area (Å²) in [5, 5.41) is 5.77. The lowest BCUT2D eigenvalue weighted by molar-refractivity contribution is -0.284. The van der Waals surface area contributed by atoms with Crippen LogP contribution < -0.4 is 10.6 Å². The van der Waals surface area contributed by atoms with Crippen LogP contribution in [0.2, 0.25) is 0 Å². The molecule has 0 saturated carbocycles. The highest BCUT2D eigenvalue weighted by molar-refractivity contribution is 5.89. The molecule has 1 fully saturated rings. The Morgan fingerprint density at radius 1 is 1.04 bits per heavy atom. The van der Waals surface area contributed by atoms with Crippen LogP contribution >= 0.6 is 0 Å². The third kappa shape index (κ3) is 4.13. The summed E-state index contributed by atoms with van der Waals surface area (Å²) < 4.78 is 11.8. The summed E-state index contributed by atoms with van der Waals surface area (Å²) in [5.41, 5.74) is 1.75. The van der Waals surface area contributed by atoms with E-state index in [1.165, 1.54) is 0 Å². The van der Waals surface area contributed by atoms with Crippen molar-refractivity contribution in [1.82, 2.24) is 5.32 Å². The Bertz CT molecular complexity index is 674. The summed E-state index contributed by atoms with van der Waals surface area (Å²) in [6.07, 6.45) is -0.267. The minimum atomic E-state index is -0.686. The second-order valence-corrected chi connectivity index (χ2v) is 6.23. The average molecular weight is 326 g/mol. The van der Waals surface area contributed by atoms with Gasteiger partial charge >= 0.3 is 6.03 Å². The molecule has 2 aromatic carbocycles. The molecule has 1 saturated heterocycles. The van der Waals surface area contributed by atoms with Gasteiger partial charge in [-0.3, -0.25) is 0 Å². The van der Waals surface area contributed by atoms with Gasteiger partial charge in [0.1, 0.15) is 6.10 Å². The molecule has 126 valence electrons. The molecular weight excluding hydrogens is 304 g/mol. The van der Waals surface area contributed by atoms with Gasteiger partial charge in [-0.15, -0.1) is 0 Å². The maximum Gasteiger partial charge on any atom is 0.319 e. The zero-order valence-electron chi connectivity index (χ0n) is 13.9. The van der Waals surface area contributed by atoms with E-state index in [1.54, 1.807) is 0 Å². The van der Waals surface area contributed by atoms with Crippen LogP contribution in [0.15, 0.2) is 60.7 Å². The highest BCUT2D eigenvalue weighted by Crippen LogP contribution is 2.32. The van der Waals surface area contributed by atoms with Crippen LogP contribution in [0.1, 0.15) is 25.5 Å². The Morgan fingerprint density at radius 3 is 2.33 bits per heavy atom. The zero-order valence-corrected chi connectivity index (χ0v) is 13.9. The monoisotopic (exact) mass is 326 g/mol. The molecule has 0 aromatic heterocycles. The zero-order chi connectivity index (χ0) is 17.0. The first-order valence-corrected chi connectivity index (χ1v) is 8.03. The van der Waals surface area contributed by atoms with Gasteiger partial charge in [-0.25, -0.2) is 4.79 Å². The SMILES string of the molecule is CC1(C)OC[C@H](NC(=O)Nc2ccccc2)[C@H](c2ccccc2)O1. The fourth-order valence-electron chi connectivity index (χ4n) is 2.72. The number of nitrogens with one attached hydrogen (secondary N) is 2. The van der Waals surface area contributed by atoms with Gasteiger partial charge in [0.25, 0.3) is 0 Å². The lowest BCUT2D eigenvalue weighted by Gasteiger charge is -2.41. The van der Waals surface area contributed by atoms with Crippen LogP contribution in [-0.4, -0.2) is 24.5 Å². The van der Waals surface area contributed by atoms with Crippen LogP contribution in [0.3, 0.4) is 0 Å². The summed E-state index contributed by atoms with van der Waals surface area (Å²) in [6, 6.07) is 18.6. The Labute approximate surface area is 142 Å². The number of amides is 2. The summed E-state index contributed by atoms with van der Waals surface area (Å²) in [5.74, 6) is -0.686. The van der Waals surface area contributed by atoms with Gasteiger partial charge in [0.05, 0.1) is 12.6 Å². The molecule has 5 nitrogen and oxygen atoms in total. The van der Waals surface area contributed by atoms with E-state index in [-0.39, 0.29) is 18.2 Å². The van der Waals surface area contributed by atoms with Gasteiger partial charge < -0.3 is 20.1 Å². The number of rotatable bonds is 3. The van der Waals surface area contributed by atoms with E-state index < -0.39 is 5.79 Å². The Balaban J connectivity index is 1.71. The molecular formula is C19H22N2O3. The number of hydrogen-bond acceptors (Lipinski definition) is 3. The number of para-hydroxylation sites is 1. The Morgan fingerprint density at radius 2 is 1.67 bits per heavy atom. The van der Waals surface area contributed by atoms with Crippen LogP contribution in [0.25, 0.3) is 0 Å². The van der Waals surface area contributed by atoms with Crippen LogP contribution in [0, 0.1) is 0 Å². The molecule has 2 atom stereocenters. The van der Waals surface area contributed by atoms with Crippen LogP contribution in [0.5, 0.6) is 0 Å². The third-order valence-electron chi connectivity index (χ3n) is 3.86. The van der Waals surface area contributed by atoms with Crippen molar-refractivity contribution in [3.05, 3.63) is 66.2 Å². The summed E-state index contributed by atoms with van der Waals surface area (Å²) in [6.45, 7) is 4.14. The van der Waals surface area contributed by atoms with Crippen molar-refractivity contribution in [1.29, 1.82) is 0 Å². The number of hydrogen-bond donors (Lipinski definition) is 2. The topological polar surface area (TPSA) is 59.6 Å². The number of carbonyl (C=O) groups is 1. The number of ether oxygens (including phenoxy) is 2. The number of benzene rings is 2. The molecule has 0 bridgehead atoms. The first-order valence-electron chi connectivity index (χ1n) is 8.03. The Hall–Kier alpha value is -2.37. The van der Waals surface area contributed by atoms with Crippen molar-refractivity contribution in [3.63, 3.8) is 0 Å². The minimum absolute atomic E-state index is 0.267. The maximum absolute atomic E-state index is 12.3. The highest BCUT2D eigenvalue weighted by Gasteiger charge is 2.38. The average Bonchev–Trinajstić information content (AvgIpc) is 2.58. The smallest absolute Gasteiger partial charge is 0.319 e. The molecule has 0 unspecified atom stereocenters. The molecule has 2 N–H and O–H groups in total. The summed E-state index contributed by atoms with van der Waals surface area (Å²) in [4.78, 5) is 12.3. The van der Waals surface area contributed by atoms with Gasteiger partial charge in [0.15, 0.2) is 5.79 Å². The fraction of sp³-hybridized carbons (Fsp3) is 0.316. The van der Waals surface area contributed by atoms with Gasteiger partial charge in [-0.2, -0.15) is 0 Å². The van der Waals surface area contributed by atoms with Crippen LogP contribution in [0.4, 0.5) is 10.5 Å². The predicted molar refractivity (Wildman–Crippen MR) is 92.7 cm³/mol. The van der Waals surface area contributed by atoms with Gasteiger partial charge in [0, 0.05) is 5.69 Å². The molecule has 0 radical (unpaired) electrons. The van der Waals surface area contributed by atoms with E-state index in [0.29, 0.717) is 6.61 Å². The van der Waals surface area contributed by atoms with E-state index in [0.717, 1.165) is 11.3 Å². The van der Waals surface area contributed by atoms with Crippen LogP contribution in [-0.2, 0) is 9.47 Å².